The Morgan fingerprint density at radius 1 is 1.11 bits per heavy atom. The van der Waals surface area contributed by atoms with Crippen LogP contribution in [0.15, 0.2) is 48.5 Å². The Hall–Kier alpha value is -2.86. The Labute approximate surface area is 162 Å². The monoisotopic (exact) mass is 385 g/mol. The average molecular weight is 386 g/mol. The van der Waals surface area contributed by atoms with E-state index in [1.165, 1.54) is 0 Å². The summed E-state index contributed by atoms with van der Waals surface area (Å²) in [4.78, 5) is 38.6. The van der Waals surface area contributed by atoms with Gasteiger partial charge in [0, 0.05) is 18.7 Å². The standard InChI is InChI=1S/C20H20ClN3O3/c1-2-13-7-3-6-10-17(13)24-12-14(11-18(24)25)19(26)22-23-20(27)15-8-4-5-9-16(15)21/h3-10,14H,2,11-12H2,1H3,(H,22,26)(H,23,27)/t14-/m1/s1. The van der Waals surface area contributed by atoms with Crippen LogP contribution in [0.4, 0.5) is 5.69 Å². The lowest BCUT2D eigenvalue weighted by molar-refractivity contribution is -0.126. The predicted molar refractivity (Wildman–Crippen MR) is 103 cm³/mol. The van der Waals surface area contributed by atoms with Crippen LogP contribution in [0.2, 0.25) is 5.02 Å². The van der Waals surface area contributed by atoms with Gasteiger partial charge in [-0.15, -0.1) is 0 Å². The third-order valence-electron chi connectivity index (χ3n) is 4.58. The molecule has 3 rings (SSSR count). The molecule has 1 heterocycles. The number of anilines is 1. The van der Waals surface area contributed by atoms with E-state index in [1.54, 1.807) is 29.2 Å². The number of halogens is 1. The van der Waals surface area contributed by atoms with Crippen molar-refractivity contribution in [2.24, 2.45) is 5.92 Å². The normalized spacial score (nSPS) is 16.3. The van der Waals surface area contributed by atoms with Gasteiger partial charge in [0.2, 0.25) is 11.8 Å². The molecule has 7 heteroatoms. The molecule has 0 unspecified atom stereocenters. The number of hydrogen-bond donors (Lipinski definition) is 2. The first-order chi connectivity index (χ1) is 13.0. The van der Waals surface area contributed by atoms with Gasteiger partial charge in [0.15, 0.2) is 0 Å². The van der Waals surface area contributed by atoms with Crippen molar-refractivity contribution in [2.45, 2.75) is 19.8 Å². The molecule has 3 amide bonds. The molecule has 2 aromatic carbocycles. The topological polar surface area (TPSA) is 78.5 Å². The predicted octanol–water partition coefficient (Wildman–Crippen LogP) is 2.72. The second-order valence-corrected chi connectivity index (χ2v) is 6.72. The van der Waals surface area contributed by atoms with E-state index in [-0.39, 0.29) is 24.4 Å². The molecule has 2 N–H and O–H groups in total. The van der Waals surface area contributed by atoms with Gasteiger partial charge >= 0.3 is 0 Å². The highest BCUT2D eigenvalue weighted by Crippen LogP contribution is 2.28. The van der Waals surface area contributed by atoms with E-state index in [4.69, 9.17) is 11.6 Å². The fourth-order valence-electron chi connectivity index (χ4n) is 3.12. The van der Waals surface area contributed by atoms with Crippen molar-refractivity contribution in [1.29, 1.82) is 0 Å². The molecule has 140 valence electrons. The Bertz CT molecular complexity index is 884. The molecule has 1 atom stereocenters. The lowest BCUT2D eigenvalue weighted by Gasteiger charge is -2.20. The first-order valence-electron chi connectivity index (χ1n) is 8.74. The molecule has 0 saturated carbocycles. The fraction of sp³-hybridized carbons (Fsp3) is 0.250. The summed E-state index contributed by atoms with van der Waals surface area (Å²) in [5, 5.41) is 0.294. The molecule has 2 aromatic rings. The SMILES string of the molecule is CCc1ccccc1N1C[C@H](C(=O)NNC(=O)c2ccccc2Cl)CC1=O. The van der Waals surface area contributed by atoms with E-state index in [2.05, 4.69) is 10.9 Å². The highest BCUT2D eigenvalue weighted by atomic mass is 35.5. The van der Waals surface area contributed by atoms with Crippen LogP contribution in [0.3, 0.4) is 0 Å². The van der Waals surface area contributed by atoms with Crippen LogP contribution in [-0.2, 0) is 16.0 Å². The Kier molecular flexibility index (Phi) is 5.76. The van der Waals surface area contributed by atoms with Crippen LogP contribution in [0, 0.1) is 5.92 Å². The van der Waals surface area contributed by atoms with E-state index in [0.29, 0.717) is 5.02 Å². The van der Waals surface area contributed by atoms with Gasteiger partial charge in [-0.05, 0) is 30.2 Å². The van der Waals surface area contributed by atoms with Crippen LogP contribution < -0.4 is 15.8 Å². The van der Waals surface area contributed by atoms with Gasteiger partial charge in [0.05, 0.1) is 16.5 Å². The molecule has 6 nitrogen and oxygen atoms in total. The van der Waals surface area contributed by atoms with Gasteiger partial charge < -0.3 is 4.90 Å². The first-order valence-corrected chi connectivity index (χ1v) is 9.12. The lowest BCUT2D eigenvalue weighted by atomic mass is 10.1. The van der Waals surface area contributed by atoms with Crippen LogP contribution in [0.25, 0.3) is 0 Å². The van der Waals surface area contributed by atoms with E-state index >= 15 is 0 Å². The highest BCUT2D eigenvalue weighted by Gasteiger charge is 2.36. The van der Waals surface area contributed by atoms with Gasteiger partial charge in [-0.1, -0.05) is 48.9 Å². The van der Waals surface area contributed by atoms with E-state index in [9.17, 15) is 14.4 Å². The van der Waals surface area contributed by atoms with Gasteiger partial charge in [-0.2, -0.15) is 0 Å². The number of hydrazine groups is 1. The highest BCUT2D eigenvalue weighted by molar-refractivity contribution is 6.33. The van der Waals surface area contributed by atoms with Crippen LogP contribution in [0.5, 0.6) is 0 Å². The fourth-order valence-corrected chi connectivity index (χ4v) is 3.34. The van der Waals surface area contributed by atoms with Crippen molar-refractivity contribution in [2.75, 3.05) is 11.4 Å². The number of para-hydroxylation sites is 1. The maximum atomic E-state index is 12.4. The lowest BCUT2D eigenvalue weighted by Crippen LogP contribution is -2.45. The van der Waals surface area contributed by atoms with E-state index < -0.39 is 17.7 Å². The second-order valence-electron chi connectivity index (χ2n) is 6.31. The summed E-state index contributed by atoms with van der Waals surface area (Å²) in [6.45, 7) is 2.30. The molecule has 1 fully saturated rings. The molecule has 0 aliphatic carbocycles. The van der Waals surface area contributed by atoms with Crippen LogP contribution in [0.1, 0.15) is 29.3 Å². The summed E-state index contributed by atoms with van der Waals surface area (Å²) in [6.07, 6.45) is 0.899. The molecule has 0 aromatic heterocycles. The van der Waals surface area contributed by atoms with Crippen LogP contribution in [-0.4, -0.2) is 24.3 Å². The summed E-state index contributed by atoms with van der Waals surface area (Å²) in [5.74, 6) is -1.55. The number of hydrogen-bond acceptors (Lipinski definition) is 3. The summed E-state index contributed by atoms with van der Waals surface area (Å²) in [5.41, 5.74) is 6.90. The minimum Gasteiger partial charge on any atom is -0.311 e. The van der Waals surface area contributed by atoms with Crippen molar-refractivity contribution in [3.63, 3.8) is 0 Å². The molecule has 0 bridgehead atoms. The molecule has 0 spiro atoms. The van der Waals surface area contributed by atoms with Gasteiger partial charge in [-0.25, -0.2) is 0 Å². The zero-order valence-corrected chi connectivity index (χ0v) is 15.6. The molecule has 1 aliphatic heterocycles. The number of aryl methyl sites for hydroxylation is 1. The van der Waals surface area contributed by atoms with Crippen molar-refractivity contribution in [3.8, 4) is 0 Å². The smallest absolute Gasteiger partial charge is 0.271 e. The van der Waals surface area contributed by atoms with Gasteiger partial charge in [-0.3, -0.25) is 25.2 Å². The third-order valence-corrected chi connectivity index (χ3v) is 4.91. The number of carbonyl (C=O) groups excluding carboxylic acids is 3. The van der Waals surface area contributed by atoms with Crippen molar-refractivity contribution in [1.82, 2.24) is 10.9 Å². The number of nitrogens with one attached hydrogen (secondary N) is 2. The van der Waals surface area contributed by atoms with Crippen molar-refractivity contribution < 1.29 is 14.4 Å². The number of benzene rings is 2. The molecular weight excluding hydrogens is 366 g/mol. The first kappa shape index (κ1) is 18.9. The molecule has 1 aliphatic rings. The van der Waals surface area contributed by atoms with Crippen molar-refractivity contribution >= 4 is 35.0 Å². The largest absolute Gasteiger partial charge is 0.311 e. The zero-order chi connectivity index (χ0) is 19.4. The van der Waals surface area contributed by atoms with Crippen molar-refractivity contribution in [3.05, 3.63) is 64.7 Å². The molecule has 27 heavy (non-hydrogen) atoms. The summed E-state index contributed by atoms with van der Waals surface area (Å²) in [7, 11) is 0. The molecular formula is C20H20ClN3O3. The summed E-state index contributed by atoms with van der Waals surface area (Å²) < 4.78 is 0. The average Bonchev–Trinajstić information content (AvgIpc) is 3.07. The Morgan fingerprint density at radius 2 is 1.81 bits per heavy atom. The number of carbonyl (C=O) groups is 3. The number of amides is 3. The number of rotatable bonds is 4. The van der Waals surface area contributed by atoms with E-state index in [1.807, 2.05) is 31.2 Å². The molecule has 1 saturated heterocycles. The van der Waals surface area contributed by atoms with Crippen LogP contribution >= 0.6 is 11.6 Å². The van der Waals surface area contributed by atoms with Gasteiger partial charge in [0.25, 0.3) is 5.91 Å². The minimum atomic E-state index is -0.533. The minimum absolute atomic E-state index is 0.103. The Balaban J connectivity index is 1.62. The second kappa shape index (κ2) is 8.22. The maximum absolute atomic E-state index is 12.4. The number of nitrogens with zero attached hydrogens (tertiary/aromatic N) is 1. The summed E-state index contributed by atoms with van der Waals surface area (Å²) >= 11 is 5.97. The molecule has 0 radical (unpaired) electrons. The third kappa shape index (κ3) is 4.11. The van der Waals surface area contributed by atoms with E-state index in [0.717, 1.165) is 17.7 Å². The quantitative estimate of drug-likeness (QED) is 0.794. The zero-order valence-electron chi connectivity index (χ0n) is 14.9. The Morgan fingerprint density at radius 3 is 2.56 bits per heavy atom. The summed E-state index contributed by atoms with van der Waals surface area (Å²) in [6, 6.07) is 14.2. The van der Waals surface area contributed by atoms with Gasteiger partial charge in [0.1, 0.15) is 0 Å². The maximum Gasteiger partial charge on any atom is 0.271 e.